The number of carbonyl (C=O) groups excluding carboxylic acids is 1. The van der Waals surface area contributed by atoms with E-state index in [1.54, 1.807) is 0 Å². The number of amides is 1. The molecule has 1 aromatic carbocycles. The molecule has 1 amide bonds. The predicted octanol–water partition coefficient (Wildman–Crippen LogP) is 1.86. The molecule has 1 unspecified atom stereocenters. The third kappa shape index (κ3) is 5.08. The van der Waals surface area contributed by atoms with Crippen LogP contribution in [0.5, 0.6) is 0 Å². The van der Waals surface area contributed by atoms with Crippen molar-refractivity contribution in [1.82, 2.24) is 15.5 Å². The second-order valence-corrected chi connectivity index (χ2v) is 6.29. The van der Waals surface area contributed by atoms with Crippen molar-refractivity contribution in [2.75, 3.05) is 32.7 Å². The number of halogens is 2. The van der Waals surface area contributed by atoms with Gasteiger partial charge in [0.2, 0.25) is 5.91 Å². The summed E-state index contributed by atoms with van der Waals surface area (Å²) in [5, 5.41) is 6.32. The van der Waals surface area contributed by atoms with E-state index in [1.807, 2.05) is 6.92 Å². The monoisotopic (exact) mass is 359 g/mol. The van der Waals surface area contributed by atoms with Crippen LogP contribution in [0.15, 0.2) is 24.3 Å². The van der Waals surface area contributed by atoms with Crippen LogP contribution in [0.1, 0.15) is 18.1 Å². The van der Waals surface area contributed by atoms with Crippen molar-refractivity contribution in [3.8, 4) is 0 Å². The van der Waals surface area contributed by atoms with Gasteiger partial charge in [-0.3, -0.25) is 9.69 Å². The average Bonchev–Trinajstić information content (AvgIpc) is 2.45. The zero-order valence-electron chi connectivity index (χ0n) is 13.6. The van der Waals surface area contributed by atoms with Crippen molar-refractivity contribution in [1.29, 1.82) is 0 Å². The van der Waals surface area contributed by atoms with Crippen LogP contribution in [0.25, 0.3) is 0 Å². The Balaban J connectivity index is 0.00000132. The molecule has 1 fully saturated rings. The molecule has 0 spiro atoms. The molecular weight excluding hydrogens is 333 g/mol. The molecule has 0 saturated carbocycles. The van der Waals surface area contributed by atoms with E-state index in [2.05, 4.69) is 39.8 Å². The SMILES string of the molecule is CC(C(=O)NCCN1CCc2ccccc2C1)C1CNC1.Cl.Cl. The summed E-state index contributed by atoms with van der Waals surface area (Å²) < 4.78 is 0. The Kier molecular flexibility index (Phi) is 8.34. The van der Waals surface area contributed by atoms with E-state index in [9.17, 15) is 4.79 Å². The lowest BCUT2D eigenvalue weighted by molar-refractivity contribution is -0.126. The Morgan fingerprint density at radius 1 is 1.30 bits per heavy atom. The van der Waals surface area contributed by atoms with E-state index in [4.69, 9.17) is 0 Å². The first kappa shape index (κ1) is 20.2. The zero-order chi connectivity index (χ0) is 14.7. The van der Waals surface area contributed by atoms with Crippen LogP contribution in [-0.2, 0) is 17.8 Å². The molecule has 4 nitrogen and oxygen atoms in total. The van der Waals surface area contributed by atoms with Gasteiger partial charge < -0.3 is 10.6 Å². The normalized spacial score (nSPS) is 18.7. The molecule has 0 aromatic heterocycles. The molecule has 0 bridgehead atoms. The number of hydrogen-bond acceptors (Lipinski definition) is 3. The van der Waals surface area contributed by atoms with Crippen LogP contribution in [0.4, 0.5) is 0 Å². The summed E-state index contributed by atoms with van der Waals surface area (Å²) in [6, 6.07) is 8.67. The fourth-order valence-corrected chi connectivity index (χ4v) is 3.12. The smallest absolute Gasteiger partial charge is 0.223 e. The van der Waals surface area contributed by atoms with Gasteiger partial charge in [0.15, 0.2) is 0 Å². The lowest BCUT2D eigenvalue weighted by Crippen LogP contribution is -2.50. The summed E-state index contributed by atoms with van der Waals surface area (Å²) in [7, 11) is 0. The summed E-state index contributed by atoms with van der Waals surface area (Å²) in [5.41, 5.74) is 2.91. The van der Waals surface area contributed by atoms with Gasteiger partial charge in [0.25, 0.3) is 0 Å². The number of nitrogens with one attached hydrogen (secondary N) is 2. The molecule has 3 rings (SSSR count). The van der Waals surface area contributed by atoms with Gasteiger partial charge in [0, 0.05) is 32.1 Å². The quantitative estimate of drug-likeness (QED) is 0.843. The second-order valence-electron chi connectivity index (χ2n) is 6.29. The highest BCUT2D eigenvalue weighted by atomic mass is 35.5. The number of hydrogen-bond donors (Lipinski definition) is 2. The summed E-state index contributed by atoms with van der Waals surface area (Å²) in [6.07, 6.45) is 1.12. The van der Waals surface area contributed by atoms with Crippen molar-refractivity contribution in [3.63, 3.8) is 0 Å². The molecule has 1 atom stereocenters. The van der Waals surface area contributed by atoms with Crippen molar-refractivity contribution < 1.29 is 4.79 Å². The fourth-order valence-electron chi connectivity index (χ4n) is 3.12. The van der Waals surface area contributed by atoms with Gasteiger partial charge in [-0.05, 0) is 36.6 Å². The maximum atomic E-state index is 12.1. The van der Waals surface area contributed by atoms with Crippen LogP contribution in [0, 0.1) is 11.8 Å². The maximum Gasteiger partial charge on any atom is 0.223 e. The first-order chi connectivity index (χ1) is 10.2. The highest BCUT2D eigenvalue weighted by Gasteiger charge is 2.28. The summed E-state index contributed by atoms with van der Waals surface area (Å²) in [6.45, 7) is 7.80. The molecule has 2 aliphatic heterocycles. The van der Waals surface area contributed by atoms with Gasteiger partial charge in [-0.25, -0.2) is 0 Å². The van der Waals surface area contributed by atoms with Crippen LogP contribution in [-0.4, -0.2) is 43.5 Å². The van der Waals surface area contributed by atoms with Gasteiger partial charge in [-0.15, -0.1) is 24.8 Å². The molecule has 23 heavy (non-hydrogen) atoms. The lowest BCUT2D eigenvalue weighted by atomic mass is 9.88. The highest BCUT2D eigenvalue weighted by molar-refractivity contribution is 5.85. The molecule has 0 aliphatic carbocycles. The van der Waals surface area contributed by atoms with Crippen LogP contribution in [0.3, 0.4) is 0 Å². The predicted molar refractivity (Wildman–Crippen MR) is 98.5 cm³/mol. The highest BCUT2D eigenvalue weighted by Crippen LogP contribution is 2.18. The van der Waals surface area contributed by atoms with Crippen molar-refractivity contribution in [3.05, 3.63) is 35.4 Å². The van der Waals surface area contributed by atoms with Crippen LogP contribution >= 0.6 is 24.8 Å². The third-order valence-electron chi connectivity index (χ3n) is 4.87. The molecule has 2 heterocycles. The third-order valence-corrected chi connectivity index (χ3v) is 4.87. The number of benzene rings is 1. The number of carbonyl (C=O) groups is 1. The molecule has 1 saturated heterocycles. The number of fused-ring (bicyclic) bond motifs is 1. The fraction of sp³-hybridized carbons (Fsp3) is 0.588. The lowest BCUT2D eigenvalue weighted by Gasteiger charge is -2.32. The van der Waals surface area contributed by atoms with Gasteiger partial charge in [-0.1, -0.05) is 31.2 Å². The Labute approximate surface area is 151 Å². The Morgan fingerprint density at radius 3 is 2.65 bits per heavy atom. The summed E-state index contributed by atoms with van der Waals surface area (Å²) >= 11 is 0. The van der Waals surface area contributed by atoms with Crippen molar-refractivity contribution in [2.45, 2.75) is 19.9 Å². The van der Waals surface area contributed by atoms with E-state index < -0.39 is 0 Å². The van der Waals surface area contributed by atoms with E-state index in [0.29, 0.717) is 5.92 Å². The van der Waals surface area contributed by atoms with Gasteiger partial charge >= 0.3 is 0 Å². The Morgan fingerprint density at radius 2 is 2.00 bits per heavy atom. The Hall–Kier alpha value is -0.810. The van der Waals surface area contributed by atoms with Crippen molar-refractivity contribution >= 4 is 30.7 Å². The van der Waals surface area contributed by atoms with Gasteiger partial charge in [0.05, 0.1) is 0 Å². The minimum absolute atomic E-state index is 0. The van der Waals surface area contributed by atoms with Gasteiger partial charge in [-0.2, -0.15) is 0 Å². The summed E-state index contributed by atoms with van der Waals surface area (Å²) in [5.74, 6) is 0.860. The number of nitrogens with zero attached hydrogens (tertiary/aromatic N) is 1. The number of rotatable bonds is 5. The Bertz CT molecular complexity index is 508. The molecular formula is C17H27Cl2N3O. The standard InChI is InChI=1S/C17H25N3O.2ClH/c1-13(16-10-18-11-16)17(21)19-7-9-20-8-6-14-4-2-3-5-15(14)12-20;;/h2-5,13,16,18H,6-12H2,1H3,(H,19,21);2*1H. The minimum atomic E-state index is 0. The van der Waals surface area contributed by atoms with E-state index in [-0.39, 0.29) is 36.6 Å². The van der Waals surface area contributed by atoms with Crippen LogP contribution in [0.2, 0.25) is 0 Å². The van der Waals surface area contributed by atoms with E-state index in [0.717, 1.165) is 45.7 Å². The van der Waals surface area contributed by atoms with Crippen LogP contribution < -0.4 is 10.6 Å². The first-order valence-corrected chi connectivity index (χ1v) is 8.01. The molecule has 2 N–H and O–H groups in total. The molecule has 130 valence electrons. The average molecular weight is 360 g/mol. The zero-order valence-corrected chi connectivity index (χ0v) is 15.2. The molecule has 2 aliphatic rings. The topological polar surface area (TPSA) is 44.4 Å². The first-order valence-electron chi connectivity index (χ1n) is 8.01. The molecule has 1 aromatic rings. The van der Waals surface area contributed by atoms with Crippen molar-refractivity contribution in [2.24, 2.45) is 11.8 Å². The molecule has 6 heteroatoms. The largest absolute Gasteiger partial charge is 0.355 e. The summed E-state index contributed by atoms with van der Waals surface area (Å²) in [4.78, 5) is 14.5. The maximum absolute atomic E-state index is 12.1. The van der Waals surface area contributed by atoms with E-state index in [1.165, 1.54) is 11.1 Å². The minimum Gasteiger partial charge on any atom is -0.355 e. The van der Waals surface area contributed by atoms with Gasteiger partial charge in [0.1, 0.15) is 0 Å². The second kappa shape index (κ2) is 9.48. The molecule has 0 radical (unpaired) electrons. The van der Waals surface area contributed by atoms with E-state index >= 15 is 0 Å².